The van der Waals surface area contributed by atoms with Gasteiger partial charge in [-0.05, 0) is 24.8 Å². The first-order chi connectivity index (χ1) is 10.7. The van der Waals surface area contributed by atoms with E-state index in [-0.39, 0.29) is 5.41 Å². The normalized spacial score (nSPS) is 16.2. The highest BCUT2D eigenvalue weighted by Crippen LogP contribution is 2.40. The zero-order valence-electron chi connectivity index (χ0n) is 13.4. The van der Waals surface area contributed by atoms with Crippen LogP contribution in [0.5, 0.6) is 0 Å². The van der Waals surface area contributed by atoms with Crippen LogP contribution >= 0.6 is 0 Å². The third-order valence-electron chi connectivity index (χ3n) is 4.56. The summed E-state index contributed by atoms with van der Waals surface area (Å²) in [5, 5.41) is 5.50. The van der Waals surface area contributed by atoms with Crippen LogP contribution in [0.3, 0.4) is 0 Å². The predicted octanol–water partition coefficient (Wildman–Crippen LogP) is 2.53. The Bertz CT molecular complexity index is 493. The van der Waals surface area contributed by atoms with E-state index in [0.29, 0.717) is 13.1 Å². The van der Waals surface area contributed by atoms with Crippen molar-refractivity contribution < 1.29 is 9.59 Å². The fourth-order valence-electron chi connectivity index (χ4n) is 3.20. The summed E-state index contributed by atoms with van der Waals surface area (Å²) < 4.78 is 0. The molecule has 1 aliphatic rings. The van der Waals surface area contributed by atoms with Crippen molar-refractivity contribution in [3.8, 4) is 0 Å². The number of hydrogen-bond donors (Lipinski definition) is 2. The van der Waals surface area contributed by atoms with Gasteiger partial charge in [0.25, 0.3) is 0 Å². The summed E-state index contributed by atoms with van der Waals surface area (Å²) in [5.41, 5.74) is 1.25. The average molecular weight is 302 g/mol. The van der Waals surface area contributed by atoms with Crippen LogP contribution in [-0.4, -0.2) is 24.9 Å². The van der Waals surface area contributed by atoms with Crippen molar-refractivity contribution in [2.45, 2.75) is 50.9 Å². The van der Waals surface area contributed by atoms with Crippen molar-refractivity contribution in [3.05, 3.63) is 35.9 Å². The number of unbranched alkanes of at least 4 members (excludes halogenated alkanes) is 1. The van der Waals surface area contributed by atoms with E-state index in [4.69, 9.17) is 0 Å². The Hall–Kier alpha value is -1.84. The van der Waals surface area contributed by atoms with Gasteiger partial charge in [-0.3, -0.25) is 9.59 Å². The van der Waals surface area contributed by atoms with Crippen LogP contribution < -0.4 is 10.6 Å². The smallest absolute Gasteiger partial charge is 0.309 e. The highest BCUT2D eigenvalue weighted by atomic mass is 16.2. The molecule has 0 aromatic heterocycles. The Labute approximate surface area is 132 Å². The molecule has 0 heterocycles. The Morgan fingerprint density at radius 2 is 1.68 bits per heavy atom. The van der Waals surface area contributed by atoms with E-state index in [1.165, 1.54) is 18.4 Å². The van der Waals surface area contributed by atoms with E-state index >= 15 is 0 Å². The molecule has 0 bridgehead atoms. The van der Waals surface area contributed by atoms with Crippen molar-refractivity contribution in [3.63, 3.8) is 0 Å². The third kappa shape index (κ3) is 4.09. The van der Waals surface area contributed by atoms with Crippen molar-refractivity contribution in [2.24, 2.45) is 0 Å². The van der Waals surface area contributed by atoms with E-state index < -0.39 is 11.8 Å². The molecule has 4 nitrogen and oxygen atoms in total. The van der Waals surface area contributed by atoms with Gasteiger partial charge in [0.05, 0.1) is 0 Å². The SMILES string of the molecule is CCCCNC(=O)C(=O)NCC1(c2ccccc2)CCCC1. The third-order valence-corrected chi connectivity index (χ3v) is 4.56. The Balaban J connectivity index is 1.93. The maximum absolute atomic E-state index is 11.9. The molecule has 1 aromatic carbocycles. The molecule has 0 spiro atoms. The molecule has 2 N–H and O–H groups in total. The molecular formula is C18H26N2O2. The Kier molecular flexibility index (Phi) is 5.99. The van der Waals surface area contributed by atoms with Gasteiger partial charge in [0, 0.05) is 18.5 Å². The summed E-state index contributed by atoms with van der Waals surface area (Å²) in [7, 11) is 0. The number of carbonyl (C=O) groups excluding carboxylic acids is 2. The zero-order valence-corrected chi connectivity index (χ0v) is 13.4. The van der Waals surface area contributed by atoms with Crippen LogP contribution in [0.4, 0.5) is 0 Å². The van der Waals surface area contributed by atoms with E-state index in [1.807, 2.05) is 18.2 Å². The van der Waals surface area contributed by atoms with Crippen molar-refractivity contribution in [2.75, 3.05) is 13.1 Å². The first kappa shape index (κ1) is 16.5. The molecule has 0 radical (unpaired) electrons. The summed E-state index contributed by atoms with van der Waals surface area (Å²) in [5.74, 6) is -1.03. The van der Waals surface area contributed by atoms with Gasteiger partial charge in [0.15, 0.2) is 0 Å². The summed E-state index contributed by atoms with van der Waals surface area (Å²) in [6.45, 7) is 3.15. The van der Waals surface area contributed by atoms with Crippen molar-refractivity contribution in [1.82, 2.24) is 10.6 Å². The maximum atomic E-state index is 11.9. The van der Waals surface area contributed by atoms with Crippen LogP contribution in [-0.2, 0) is 15.0 Å². The summed E-state index contributed by atoms with van der Waals surface area (Å²) in [6.07, 6.45) is 6.37. The van der Waals surface area contributed by atoms with Gasteiger partial charge in [0.2, 0.25) is 0 Å². The van der Waals surface area contributed by atoms with Crippen LogP contribution in [0.15, 0.2) is 30.3 Å². The fourth-order valence-corrected chi connectivity index (χ4v) is 3.20. The van der Waals surface area contributed by atoms with Gasteiger partial charge in [0.1, 0.15) is 0 Å². The lowest BCUT2D eigenvalue weighted by atomic mass is 9.79. The van der Waals surface area contributed by atoms with Gasteiger partial charge < -0.3 is 10.6 Å². The molecule has 1 aromatic rings. The van der Waals surface area contributed by atoms with Gasteiger partial charge in [-0.1, -0.05) is 56.5 Å². The minimum atomic E-state index is -0.519. The van der Waals surface area contributed by atoms with Crippen LogP contribution in [0.25, 0.3) is 0 Å². The summed E-state index contributed by atoms with van der Waals surface area (Å²) >= 11 is 0. The maximum Gasteiger partial charge on any atom is 0.309 e. The molecule has 4 heteroatoms. The van der Waals surface area contributed by atoms with Crippen LogP contribution in [0.1, 0.15) is 51.0 Å². The lowest BCUT2D eigenvalue weighted by Gasteiger charge is -2.29. The Morgan fingerprint density at radius 1 is 1.05 bits per heavy atom. The topological polar surface area (TPSA) is 58.2 Å². The highest BCUT2D eigenvalue weighted by molar-refractivity contribution is 6.35. The molecule has 0 unspecified atom stereocenters. The minimum Gasteiger partial charge on any atom is -0.348 e. The molecule has 0 atom stereocenters. The number of carbonyl (C=O) groups is 2. The van der Waals surface area contributed by atoms with Gasteiger partial charge in [-0.15, -0.1) is 0 Å². The highest BCUT2D eigenvalue weighted by Gasteiger charge is 2.36. The molecule has 22 heavy (non-hydrogen) atoms. The zero-order chi connectivity index (χ0) is 15.8. The first-order valence-electron chi connectivity index (χ1n) is 8.29. The van der Waals surface area contributed by atoms with E-state index in [2.05, 4.69) is 29.7 Å². The number of benzene rings is 1. The molecule has 0 saturated heterocycles. The van der Waals surface area contributed by atoms with Crippen molar-refractivity contribution in [1.29, 1.82) is 0 Å². The Morgan fingerprint density at radius 3 is 2.32 bits per heavy atom. The lowest BCUT2D eigenvalue weighted by Crippen LogP contribution is -2.45. The molecule has 1 aliphatic carbocycles. The molecule has 120 valence electrons. The number of rotatable bonds is 6. The van der Waals surface area contributed by atoms with Gasteiger partial charge in [-0.2, -0.15) is 0 Å². The summed E-state index contributed by atoms with van der Waals surface area (Å²) in [6, 6.07) is 10.3. The molecule has 0 aliphatic heterocycles. The van der Waals surface area contributed by atoms with Crippen molar-refractivity contribution >= 4 is 11.8 Å². The monoisotopic (exact) mass is 302 g/mol. The number of hydrogen-bond acceptors (Lipinski definition) is 2. The molecule has 2 rings (SSSR count). The average Bonchev–Trinajstić information content (AvgIpc) is 3.04. The van der Waals surface area contributed by atoms with E-state index in [1.54, 1.807) is 0 Å². The number of nitrogens with one attached hydrogen (secondary N) is 2. The molecule has 1 saturated carbocycles. The largest absolute Gasteiger partial charge is 0.348 e. The predicted molar refractivity (Wildman–Crippen MR) is 87.5 cm³/mol. The second-order valence-corrected chi connectivity index (χ2v) is 6.15. The molecular weight excluding hydrogens is 276 g/mol. The second-order valence-electron chi connectivity index (χ2n) is 6.15. The van der Waals surface area contributed by atoms with Crippen LogP contribution in [0, 0.1) is 0 Å². The van der Waals surface area contributed by atoms with E-state index in [0.717, 1.165) is 25.7 Å². The fraction of sp³-hybridized carbons (Fsp3) is 0.556. The standard InChI is InChI=1S/C18H26N2O2/c1-2-3-13-19-16(21)17(22)20-14-18(11-7-8-12-18)15-9-5-4-6-10-15/h4-6,9-10H,2-3,7-8,11-14H2,1H3,(H,19,21)(H,20,22). The second kappa shape index (κ2) is 7.97. The van der Waals surface area contributed by atoms with E-state index in [9.17, 15) is 9.59 Å². The quantitative estimate of drug-likeness (QED) is 0.626. The van der Waals surface area contributed by atoms with Gasteiger partial charge >= 0.3 is 11.8 Å². The molecule has 1 fully saturated rings. The molecule has 2 amide bonds. The minimum absolute atomic E-state index is 0.0133. The first-order valence-corrected chi connectivity index (χ1v) is 8.29. The lowest BCUT2D eigenvalue weighted by molar-refractivity contribution is -0.139. The summed E-state index contributed by atoms with van der Waals surface area (Å²) in [4.78, 5) is 23.7. The number of amides is 2. The van der Waals surface area contributed by atoms with Gasteiger partial charge in [-0.25, -0.2) is 0 Å². The van der Waals surface area contributed by atoms with Crippen LogP contribution in [0.2, 0.25) is 0 Å².